The van der Waals surface area contributed by atoms with E-state index in [1.54, 1.807) is 0 Å². The maximum Gasteiger partial charge on any atom is 0.305 e. The summed E-state index contributed by atoms with van der Waals surface area (Å²) in [4.78, 5) is 14.2. The van der Waals surface area contributed by atoms with Crippen LogP contribution < -0.4 is 4.90 Å². The van der Waals surface area contributed by atoms with Crippen LogP contribution in [-0.4, -0.2) is 76.9 Å². The molecule has 1 aliphatic rings. The second kappa shape index (κ2) is 17.0. The number of thiol groups is 2. The van der Waals surface area contributed by atoms with Gasteiger partial charge in [-0.3, -0.25) is 4.79 Å². The first-order valence-electron chi connectivity index (χ1n) is 14.8. The van der Waals surface area contributed by atoms with Gasteiger partial charge in [0.15, 0.2) is 12.3 Å². The molecule has 2 N–H and O–H groups in total. The highest BCUT2D eigenvalue weighted by molar-refractivity contribution is 7.81. The summed E-state index contributed by atoms with van der Waals surface area (Å²) in [6.45, 7) is 6.72. The molecule has 1 unspecified atom stereocenters. The van der Waals surface area contributed by atoms with Gasteiger partial charge in [0.1, 0.15) is 0 Å². The zero-order chi connectivity index (χ0) is 29.7. The number of carbonyl (C=O) groups excluding carboxylic acids is 1. The van der Waals surface area contributed by atoms with E-state index in [2.05, 4.69) is 92.2 Å². The summed E-state index contributed by atoms with van der Waals surface area (Å²) in [6, 6.07) is 16.7. The molecule has 2 aromatic rings. The maximum absolute atomic E-state index is 12.3. The topological polar surface area (TPSA) is 73.0 Å². The van der Waals surface area contributed by atoms with Crippen molar-refractivity contribution in [2.45, 2.75) is 63.0 Å². The van der Waals surface area contributed by atoms with E-state index in [0.29, 0.717) is 31.4 Å². The van der Waals surface area contributed by atoms with Crippen molar-refractivity contribution in [3.8, 4) is 0 Å². The highest BCUT2D eigenvalue weighted by Gasteiger charge is 2.43. The Kier molecular flexibility index (Phi) is 13.8. The number of hydrogen-bond acceptors (Lipinski definition) is 7. The van der Waals surface area contributed by atoms with E-state index in [9.17, 15) is 15.0 Å². The summed E-state index contributed by atoms with van der Waals surface area (Å²) in [5.74, 6) is 0.717. The summed E-state index contributed by atoms with van der Waals surface area (Å²) < 4.78 is 7.92. The highest BCUT2D eigenvalue weighted by atomic mass is 32.1. The predicted octanol–water partition coefficient (Wildman–Crippen LogP) is 5.68. The van der Waals surface area contributed by atoms with Gasteiger partial charge in [0, 0.05) is 54.6 Å². The standard InChI is InChI=1S/C33H46N2O4S2/c1-33(2)29-9-4-5-10-30(29)35(19-7-24-39-32(38)11-6-3-8-28(41)18-25-40)31(33)17-14-26-12-15-27(16-13-26)34(20-22-36)21-23-37/h4-5,9-10,12-17,28,36-37H,3,6-8,11,18-25H2,1-2H3,(H-,40,41)/p+1. The molecule has 8 heteroatoms. The van der Waals surface area contributed by atoms with E-state index in [0.717, 1.165) is 55.7 Å². The van der Waals surface area contributed by atoms with Crippen molar-refractivity contribution in [1.29, 1.82) is 0 Å². The summed E-state index contributed by atoms with van der Waals surface area (Å²) >= 11 is 8.81. The van der Waals surface area contributed by atoms with Crippen LogP contribution in [0.15, 0.2) is 54.6 Å². The molecule has 1 aliphatic heterocycles. The molecule has 1 heterocycles. The van der Waals surface area contributed by atoms with Crippen LogP contribution in [0.1, 0.15) is 63.5 Å². The third-order valence-corrected chi connectivity index (χ3v) is 8.43. The number of anilines is 1. The van der Waals surface area contributed by atoms with Gasteiger partial charge < -0.3 is 19.8 Å². The number of benzene rings is 2. The van der Waals surface area contributed by atoms with Gasteiger partial charge in [-0.15, -0.1) is 0 Å². The van der Waals surface area contributed by atoms with E-state index in [1.807, 2.05) is 17.0 Å². The van der Waals surface area contributed by atoms with Crippen molar-refractivity contribution in [3.63, 3.8) is 0 Å². The van der Waals surface area contributed by atoms with Crippen LogP contribution in [0.25, 0.3) is 6.08 Å². The van der Waals surface area contributed by atoms with Crippen molar-refractivity contribution in [2.75, 3.05) is 50.1 Å². The van der Waals surface area contributed by atoms with Gasteiger partial charge in [0.05, 0.1) is 25.2 Å². The highest BCUT2D eigenvalue weighted by Crippen LogP contribution is 2.40. The molecule has 1 atom stereocenters. The molecule has 0 bridgehead atoms. The van der Waals surface area contributed by atoms with Crippen molar-refractivity contribution in [3.05, 3.63) is 65.7 Å². The third-order valence-electron chi connectivity index (χ3n) is 7.65. The molecule has 0 saturated carbocycles. The number of unbranched alkanes of at least 4 members (excludes halogenated alkanes) is 1. The van der Waals surface area contributed by atoms with Gasteiger partial charge in [-0.25, -0.2) is 0 Å². The first-order valence-corrected chi connectivity index (χ1v) is 15.9. The number of allylic oxidation sites excluding steroid dienone is 1. The third kappa shape index (κ3) is 9.63. The van der Waals surface area contributed by atoms with Gasteiger partial charge in [-0.1, -0.05) is 36.8 Å². The largest absolute Gasteiger partial charge is 0.465 e. The average Bonchev–Trinajstić information content (AvgIpc) is 3.18. The molecule has 0 aromatic heterocycles. The lowest BCUT2D eigenvalue weighted by molar-refractivity contribution is -0.438. The van der Waals surface area contributed by atoms with E-state index in [1.165, 1.54) is 17.0 Å². The average molecular weight is 600 g/mol. The minimum atomic E-state index is -0.166. The van der Waals surface area contributed by atoms with E-state index < -0.39 is 0 Å². The predicted molar refractivity (Wildman–Crippen MR) is 176 cm³/mol. The fourth-order valence-corrected chi connectivity index (χ4v) is 6.22. The van der Waals surface area contributed by atoms with Crippen LogP contribution in [0.3, 0.4) is 0 Å². The molecule has 0 saturated heterocycles. The van der Waals surface area contributed by atoms with Crippen molar-refractivity contribution < 1.29 is 24.3 Å². The Balaban J connectivity index is 1.64. The Morgan fingerprint density at radius 2 is 1.71 bits per heavy atom. The quantitative estimate of drug-likeness (QED) is 0.0768. The number of fused-ring (bicyclic) bond motifs is 1. The molecule has 0 amide bonds. The number of rotatable bonds is 18. The lowest BCUT2D eigenvalue weighted by Crippen LogP contribution is -2.29. The van der Waals surface area contributed by atoms with Crippen LogP contribution in [0.5, 0.6) is 0 Å². The van der Waals surface area contributed by atoms with E-state index in [4.69, 9.17) is 4.74 Å². The molecule has 0 fully saturated rings. The fraction of sp³-hybridized carbons (Fsp3) is 0.515. The normalized spacial score (nSPS) is 14.9. The summed E-state index contributed by atoms with van der Waals surface area (Å²) in [7, 11) is 0. The van der Waals surface area contributed by atoms with Crippen molar-refractivity contribution >= 4 is 54.4 Å². The van der Waals surface area contributed by atoms with Crippen LogP contribution >= 0.6 is 25.3 Å². The molecule has 41 heavy (non-hydrogen) atoms. The Bertz CT molecular complexity index is 1160. The molecule has 0 aliphatic carbocycles. The smallest absolute Gasteiger partial charge is 0.305 e. The van der Waals surface area contributed by atoms with E-state index >= 15 is 0 Å². The Morgan fingerprint density at radius 3 is 2.39 bits per heavy atom. The number of ether oxygens (including phenoxy) is 1. The minimum Gasteiger partial charge on any atom is -0.465 e. The Hall–Kier alpha value is -2.26. The Morgan fingerprint density at radius 1 is 1.00 bits per heavy atom. The molecular weight excluding hydrogens is 553 g/mol. The van der Waals surface area contributed by atoms with Gasteiger partial charge in [-0.2, -0.15) is 29.8 Å². The maximum atomic E-state index is 12.3. The molecule has 0 radical (unpaired) electrons. The number of aliphatic hydroxyl groups is 2. The van der Waals surface area contributed by atoms with Gasteiger partial charge >= 0.3 is 5.97 Å². The van der Waals surface area contributed by atoms with Crippen LogP contribution in [0.2, 0.25) is 0 Å². The zero-order valence-electron chi connectivity index (χ0n) is 24.5. The van der Waals surface area contributed by atoms with Crippen LogP contribution in [0, 0.1) is 0 Å². The lowest BCUT2D eigenvalue weighted by atomic mass is 9.81. The molecule has 6 nitrogen and oxygen atoms in total. The van der Waals surface area contributed by atoms with Crippen molar-refractivity contribution in [2.24, 2.45) is 0 Å². The zero-order valence-corrected chi connectivity index (χ0v) is 26.3. The number of hydrogen-bond donors (Lipinski definition) is 4. The van der Waals surface area contributed by atoms with Gasteiger partial charge in [-0.05, 0) is 62.6 Å². The summed E-state index contributed by atoms with van der Waals surface area (Å²) in [6.07, 6.45) is 9.34. The first kappa shape index (κ1) is 33.2. The molecule has 224 valence electrons. The monoisotopic (exact) mass is 599 g/mol. The fourth-order valence-electron chi connectivity index (χ4n) is 5.39. The number of aliphatic hydroxyl groups excluding tert-OH is 2. The molecule has 3 rings (SSSR count). The number of para-hydroxylation sites is 1. The number of esters is 1. The second-order valence-corrected chi connectivity index (χ2v) is 12.2. The Labute approximate surface area is 256 Å². The van der Waals surface area contributed by atoms with Crippen LogP contribution in [0.4, 0.5) is 11.4 Å². The van der Waals surface area contributed by atoms with E-state index in [-0.39, 0.29) is 24.6 Å². The number of nitrogens with zero attached hydrogens (tertiary/aromatic N) is 2. The molecule has 2 aromatic carbocycles. The lowest BCUT2D eigenvalue weighted by Gasteiger charge is -2.22. The number of carbonyl (C=O) groups is 1. The SMILES string of the molecule is CC1(C)C(/C=C/c2ccc(N(CCO)CCO)cc2)=[N+](CCCOC(=O)CCCCC(S)CCS)c2ccccc21. The van der Waals surface area contributed by atoms with Crippen molar-refractivity contribution in [1.82, 2.24) is 0 Å². The first-order chi connectivity index (χ1) is 19.8. The van der Waals surface area contributed by atoms with Gasteiger partial charge in [0.25, 0.3) is 0 Å². The molecular formula is C33H47N2O4S2+. The minimum absolute atomic E-state index is 0.0401. The second-order valence-electron chi connectivity index (χ2n) is 11.0. The molecule has 0 spiro atoms. The summed E-state index contributed by atoms with van der Waals surface area (Å²) in [5.41, 5.74) is 5.58. The summed E-state index contributed by atoms with van der Waals surface area (Å²) in [5, 5.41) is 19.0. The van der Waals surface area contributed by atoms with Gasteiger partial charge in [0.2, 0.25) is 5.69 Å². The van der Waals surface area contributed by atoms with Crippen LogP contribution in [-0.2, 0) is 14.9 Å².